The summed E-state index contributed by atoms with van der Waals surface area (Å²) in [5.41, 5.74) is 0.697. The zero-order valence-corrected chi connectivity index (χ0v) is 15.6. The van der Waals surface area contributed by atoms with Gasteiger partial charge in [-0.15, -0.1) is 0 Å². The van der Waals surface area contributed by atoms with Gasteiger partial charge < -0.3 is 5.32 Å². The second kappa shape index (κ2) is 6.60. The van der Waals surface area contributed by atoms with Crippen molar-refractivity contribution in [2.45, 2.75) is 79.7 Å². The summed E-state index contributed by atoms with van der Waals surface area (Å²) in [5, 5.41) is 3.40. The van der Waals surface area contributed by atoms with E-state index in [1.54, 1.807) is 0 Å². The third-order valence-corrected chi connectivity index (χ3v) is 7.71. The van der Waals surface area contributed by atoms with E-state index in [0.29, 0.717) is 11.5 Å². The van der Waals surface area contributed by atoms with Crippen LogP contribution in [0.3, 0.4) is 0 Å². The Bertz CT molecular complexity index is 339. The van der Waals surface area contributed by atoms with E-state index in [1.807, 2.05) is 0 Å². The Hall–Kier alpha value is -0.0400. The molecule has 2 aliphatic rings. The zero-order chi connectivity index (χ0) is 15.8. The summed E-state index contributed by atoms with van der Waals surface area (Å²) in [6.07, 6.45) is 7.26. The van der Waals surface area contributed by atoms with Gasteiger partial charge in [-0.05, 0) is 87.0 Å². The predicted molar refractivity (Wildman–Crippen MR) is 93.3 cm³/mol. The third kappa shape index (κ3) is 3.19. The molecule has 21 heavy (non-hydrogen) atoms. The van der Waals surface area contributed by atoms with Gasteiger partial charge in [0.1, 0.15) is 0 Å². The molecule has 8 atom stereocenters. The minimum atomic E-state index is 0.658. The van der Waals surface area contributed by atoms with Crippen LogP contribution in [0.2, 0.25) is 0 Å². The molecule has 0 aliphatic heterocycles. The molecule has 124 valence electrons. The molecule has 0 aromatic heterocycles. The lowest BCUT2D eigenvalue weighted by Gasteiger charge is -2.63. The highest BCUT2D eigenvalue weighted by molar-refractivity contribution is 5.05. The molecule has 8 unspecified atom stereocenters. The summed E-state index contributed by atoms with van der Waals surface area (Å²) in [6.45, 7) is 14.9. The van der Waals surface area contributed by atoms with E-state index in [4.69, 9.17) is 0 Å². The van der Waals surface area contributed by atoms with Crippen molar-refractivity contribution < 1.29 is 0 Å². The first kappa shape index (κ1) is 17.3. The van der Waals surface area contributed by atoms with Gasteiger partial charge in [-0.3, -0.25) is 0 Å². The number of hydrogen-bond donors (Lipinski definition) is 1. The third-order valence-electron chi connectivity index (χ3n) is 7.71. The predicted octanol–water partition coefficient (Wildman–Crippen LogP) is 5.36. The summed E-state index contributed by atoms with van der Waals surface area (Å²) in [4.78, 5) is 0. The number of fused-ring (bicyclic) bond motifs is 1. The van der Waals surface area contributed by atoms with Gasteiger partial charge in [-0.1, -0.05) is 34.6 Å². The normalized spacial score (nSPS) is 43.6. The molecule has 0 radical (unpaired) electrons. The Balaban J connectivity index is 1.99. The fourth-order valence-corrected chi connectivity index (χ4v) is 5.86. The molecule has 1 N–H and O–H groups in total. The second-order valence-corrected chi connectivity index (χ2v) is 8.95. The highest BCUT2D eigenvalue weighted by Gasteiger charge is 2.56. The Kier molecular flexibility index (Phi) is 5.45. The van der Waals surface area contributed by atoms with Crippen LogP contribution in [0.25, 0.3) is 0 Å². The zero-order valence-electron chi connectivity index (χ0n) is 15.6. The summed E-state index contributed by atoms with van der Waals surface area (Å²) in [7, 11) is 2.09. The van der Waals surface area contributed by atoms with Gasteiger partial charge >= 0.3 is 0 Å². The lowest BCUT2D eigenvalue weighted by Crippen LogP contribution is -2.55. The van der Waals surface area contributed by atoms with Crippen molar-refractivity contribution in [2.24, 2.45) is 40.9 Å². The minimum absolute atomic E-state index is 0.658. The van der Waals surface area contributed by atoms with Crippen molar-refractivity contribution in [3.8, 4) is 0 Å². The molecule has 2 aliphatic carbocycles. The van der Waals surface area contributed by atoms with Crippen molar-refractivity contribution in [3.63, 3.8) is 0 Å². The highest BCUT2D eigenvalue weighted by Crippen LogP contribution is 2.64. The van der Waals surface area contributed by atoms with Crippen LogP contribution in [0.4, 0.5) is 0 Å². The minimum Gasteiger partial charge on any atom is -0.317 e. The smallest absolute Gasteiger partial charge is 0.00382 e. The fraction of sp³-hybridized carbons (Fsp3) is 1.00. The lowest BCUT2D eigenvalue weighted by molar-refractivity contribution is -0.134. The first-order chi connectivity index (χ1) is 9.81. The van der Waals surface area contributed by atoms with Crippen LogP contribution in [-0.4, -0.2) is 13.1 Å². The van der Waals surface area contributed by atoms with Gasteiger partial charge in [0, 0.05) is 6.04 Å². The Morgan fingerprint density at radius 1 is 1.05 bits per heavy atom. The van der Waals surface area contributed by atoms with Gasteiger partial charge in [0.2, 0.25) is 0 Å². The Morgan fingerprint density at radius 2 is 1.71 bits per heavy atom. The average Bonchev–Trinajstić information content (AvgIpc) is 2.40. The molecule has 2 fully saturated rings. The van der Waals surface area contributed by atoms with Crippen LogP contribution in [0, 0.1) is 40.9 Å². The van der Waals surface area contributed by atoms with Gasteiger partial charge in [0.25, 0.3) is 0 Å². The standard InChI is InChI=1S/C20H39N/c1-13(11-16(4)21-7)10-15(3)20-9-8-19(20)18(6)17(5)14(2)12-20/h13-19,21H,8-12H2,1-7H3. The van der Waals surface area contributed by atoms with E-state index in [0.717, 1.165) is 35.5 Å². The quantitative estimate of drug-likeness (QED) is 0.695. The van der Waals surface area contributed by atoms with E-state index < -0.39 is 0 Å². The lowest BCUT2D eigenvalue weighted by atomic mass is 9.42. The van der Waals surface area contributed by atoms with E-state index >= 15 is 0 Å². The highest BCUT2D eigenvalue weighted by atomic mass is 14.8. The van der Waals surface area contributed by atoms with Gasteiger partial charge in [-0.25, -0.2) is 0 Å². The molecule has 0 aromatic carbocycles. The molecule has 0 heterocycles. The van der Waals surface area contributed by atoms with Crippen molar-refractivity contribution in [2.75, 3.05) is 7.05 Å². The summed E-state index contributed by atoms with van der Waals surface area (Å²) in [6, 6.07) is 0.658. The maximum Gasteiger partial charge on any atom is 0.00382 e. The first-order valence-corrected chi connectivity index (χ1v) is 9.49. The topological polar surface area (TPSA) is 12.0 Å². The van der Waals surface area contributed by atoms with E-state index in [2.05, 4.69) is 53.9 Å². The first-order valence-electron chi connectivity index (χ1n) is 9.49. The van der Waals surface area contributed by atoms with Crippen LogP contribution in [0.5, 0.6) is 0 Å². The van der Waals surface area contributed by atoms with Crippen molar-refractivity contribution >= 4 is 0 Å². The average molecular weight is 294 g/mol. The van der Waals surface area contributed by atoms with Crippen LogP contribution < -0.4 is 5.32 Å². The number of nitrogens with one attached hydrogen (secondary N) is 1. The summed E-state index contributed by atoms with van der Waals surface area (Å²) >= 11 is 0. The summed E-state index contributed by atoms with van der Waals surface area (Å²) in [5.74, 6) is 5.57. The molecular formula is C20H39N. The molecule has 0 bridgehead atoms. The van der Waals surface area contributed by atoms with Gasteiger partial charge in [-0.2, -0.15) is 0 Å². The Morgan fingerprint density at radius 3 is 2.24 bits per heavy atom. The molecule has 1 nitrogen and oxygen atoms in total. The second-order valence-electron chi connectivity index (χ2n) is 8.95. The van der Waals surface area contributed by atoms with Crippen LogP contribution in [-0.2, 0) is 0 Å². The molecular weight excluding hydrogens is 254 g/mol. The molecule has 0 aromatic rings. The Labute approximate surface area is 133 Å². The SMILES string of the molecule is CNC(C)CC(C)CC(C)C12CCC1C(C)C(C)C(C)C2. The largest absolute Gasteiger partial charge is 0.317 e. The maximum absolute atomic E-state index is 3.40. The molecule has 2 saturated carbocycles. The fourth-order valence-electron chi connectivity index (χ4n) is 5.86. The maximum atomic E-state index is 3.40. The molecule has 2 rings (SSSR count). The van der Waals surface area contributed by atoms with E-state index in [9.17, 15) is 0 Å². The van der Waals surface area contributed by atoms with Crippen molar-refractivity contribution in [3.05, 3.63) is 0 Å². The van der Waals surface area contributed by atoms with Crippen LogP contribution >= 0.6 is 0 Å². The van der Waals surface area contributed by atoms with Crippen LogP contribution in [0.15, 0.2) is 0 Å². The van der Waals surface area contributed by atoms with Gasteiger partial charge in [0.05, 0.1) is 0 Å². The monoisotopic (exact) mass is 293 g/mol. The summed E-state index contributed by atoms with van der Waals surface area (Å²) < 4.78 is 0. The van der Waals surface area contributed by atoms with E-state index in [-0.39, 0.29) is 0 Å². The van der Waals surface area contributed by atoms with Gasteiger partial charge in [0.15, 0.2) is 0 Å². The van der Waals surface area contributed by atoms with Crippen LogP contribution in [0.1, 0.15) is 73.6 Å². The molecule has 1 heteroatoms. The molecule has 0 spiro atoms. The van der Waals surface area contributed by atoms with Crippen molar-refractivity contribution in [1.82, 2.24) is 5.32 Å². The number of rotatable bonds is 6. The van der Waals surface area contributed by atoms with E-state index in [1.165, 1.54) is 32.1 Å². The molecule has 0 amide bonds. The number of hydrogen-bond acceptors (Lipinski definition) is 1. The molecule has 0 saturated heterocycles. The van der Waals surface area contributed by atoms with Crippen molar-refractivity contribution in [1.29, 1.82) is 0 Å².